The number of hydrogen-bond acceptors (Lipinski definition) is 9. The van der Waals surface area contributed by atoms with E-state index in [-0.39, 0.29) is 49.7 Å². The van der Waals surface area contributed by atoms with Crippen LogP contribution in [0.4, 0.5) is 0 Å². The molecule has 4 atom stereocenters. The molecule has 0 aliphatic rings. The molecule has 15 heteroatoms. The summed E-state index contributed by atoms with van der Waals surface area (Å²) < 4.78 is 0. The molecule has 15 N–H and O–H groups in total. The second kappa shape index (κ2) is 18.8. The van der Waals surface area contributed by atoms with Crippen molar-refractivity contribution < 1.29 is 29.4 Å². The van der Waals surface area contributed by atoms with Gasteiger partial charge in [-0.1, -0.05) is 36.4 Å². The molecule has 252 valence electrons. The number of nitrogens with one attached hydrogen (secondary N) is 3. The van der Waals surface area contributed by atoms with Gasteiger partial charge in [-0.25, -0.2) is 0 Å². The highest BCUT2D eigenvalue weighted by molar-refractivity contribution is 5.94. The fraction of sp³-hybridized carbons (Fsp3) is 0.452. The van der Waals surface area contributed by atoms with E-state index in [0.29, 0.717) is 36.9 Å². The molecule has 0 saturated heterocycles. The molecule has 4 amide bonds. The standard InChI is InChI=1S/C31H47N9O6/c1-18-14-20(17-25(41)26(18)42)15-21(33)28(44)39-23(11-7-13-37-31(35)36)29(45)40-24(16-19-8-3-2-4-9-19)30(46)38-22(27(34)43)10-5-6-12-32/h2-4,8-9,14,17,21-24,41-42H,5-7,10-13,15-16,32-33H2,1H3,(H2,34,43)(H,38,46)(H,39,44)(H,40,45)(H4,35,36,37)/t21-,22-,23+,24-/m0/s1. The molecule has 2 aromatic rings. The lowest BCUT2D eigenvalue weighted by Gasteiger charge is -2.25. The zero-order chi connectivity index (χ0) is 34.2. The molecule has 2 rings (SSSR count). The molecule has 0 bridgehead atoms. The number of rotatable bonds is 19. The number of aromatic hydroxyl groups is 2. The largest absolute Gasteiger partial charge is 0.504 e. The highest BCUT2D eigenvalue weighted by Gasteiger charge is 2.30. The van der Waals surface area contributed by atoms with Gasteiger partial charge in [0.2, 0.25) is 23.6 Å². The number of aliphatic imine (C=N–C) groups is 1. The van der Waals surface area contributed by atoms with Crippen LogP contribution in [0.15, 0.2) is 47.5 Å². The summed E-state index contributed by atoms with van der Waals surface area (Å²) in [7, 11) is 0. The molecule has 0 aliphatic heterocycles. The number of carbonyl (C=O) groups excluding carboxylic acids is 4. The third kappa shape index (κ3) is 12.6. The van der Waals surface area contributed by atoms with Crippen LogP contribution in [0.2, 0.25) is 0 Å². The van der Waals surface area contributed by atoms with Gasteiger partial charge in [-0.2, -0.15) is 0 Å². The van der Waals surface area contributed by atoms with Crippen molar-refractivity contribution in [3.8, 4) is 11.5 Å². The highest BCUT2D eigenvalue weighted by Crippen LogP contribution is 2.30. The number of amides is 4. The average molecular weight is 642 g/mol. The molecule has 0 fully saturated rings. The van der Waals surface area contributed by atoms with E-state index >= 15 is 0 Å². The van der Waals surface area contributed by atoms with Gasteiger partial charge in [0, 0.05) is 13.0 Å². The Kier molecular flexibility index (Phi) is 15.3. The first-order valence-corrected chi connectivity index (χ1v) is 15.1. The third-order valence-electron chi connectivity index (χ3n) is 7.23. The molecule has 46 heavy (non-hydrogen) atoms. The molecular formula is C31H47N9O6. The number of phenols is 2. The maximum Gasteiger partial charge on any atom is 0.243 e. The highest BCUT2D eigenvalue weighted by atomic mass is 16.3. The summed E-state index contributed by atoms with van der Waals surface area (Å²) in [5, 5.41) is 27.8. The van der Waals surface area contributed by atoms with E-state index in [1.165, 1.54) is 6.07 Å². The third-order valence-corrected chi connectivity index (χ3v) is 7.23. The molecule has 0 aromatic heterocycles. The smallest absolute Gasteiger partial charge is 0.243 e. The number of guanidine groups is 1. The summed E-state index contributed by atoms with van der Waals surface area (Å²) >= 11 is 0. The van der Waals surface area contributed by atoms with Gasteiger partial charge in [-0.05, 0) is 74.8 Å². The number of carbonyl (C=O) groups is 4. The van der Waals surface area contributed by atoms with Crippen LogP contribution in [0.5, 0.6) is 11.5 Å². The minimum absolute atomic E-state index is 0.000549. The fourth-order valence-corrected chi connectivity index (χ4v) is 4.73. The van der Waals surface area contributed by atoms with Crippen LogP contribution in [0.25, 0.3) is 0 Å². The van der Waals surface area contributed by atoms with Crippen molar-refractivity contribution in [1.29, 1.82) is 0 Å². The number of benzene rings is 2. The van der Waals surface area contributed by atoms with Crippen LogP contribution in [-0.2, 0) is 32.0 Å². The Labute approximate surface area is 268 Å². The number of phenolic OH excluding ortho intramolecular Hbond substituents is 2. The normalized spacial score (nSPS) is 13.5. The summed E-state index contributed by atoms with van der Waals surface area (Å²) in [5.41, 5.74) is 29.7. The van der Waals surface area contributed by atoms with E-state index in [1.54, 1.807) is 37.3 Å². The maximum atomic E-state index is 13.7. The first kappa shape index (κ1) is 37.3. The zero-order valence-electron chi connectivity index (χ0n) is 26.1. The quantitative estimate of drug-likeness (QED) is 0.0372. The van der Waals surface area contributed by atoms with E-state index in [4.69, 9.17) is 28.7 Å². The fourth-order valence-electron chi connectivity index (χ4n) is 4.73. The van der Waals surface area contributed by atoms with Gasteiger partial charge in [-0.3, -0.25) is 24.2 Å². The second-order valence-electron chi connectivity index (χ2n) is 11.1. The molecule has 15 nitrogen and oxygen atoms in total. The van der Waals surface area contributed by atoms with Gasteiger partial charge in [0.05, 0.1) is 6.04 Å². The summed E-state index contributed by atoms with van der Waals surface area (Å²) in [4.78, 5) is 56.3. The minimum Gasteiger partial charge on any atom is -0.504 e. The molecule has 0 aliphatic carbocycles. The van der Waals surface area contributed by atoms with Gasteiger partial charge < -0.3 is 54.8 Å². The van der Waals surface area contributed by atoms with E-state index in [9.17, 15) is 29.4 Å². The van der Waals surface area contributed by atoms with Gasteiger partial charge in [0.1, 0.15) is 18.1 Å². The van der Waals surface area contributed by atoms with E-state index < -0.39 is 47.8 Å². The Morgan fingerprint density at radius 3 is 2.00 bits per heavy atom. The average Bonchev–Trinajstić information content (AvgIpc) is 3.00. The van der Waals surface area contributed by atoms with Crippen LogP contribution in [0.1, 0.15) is 48.8 Å². The molecular weight excluding hydrogens is 594 g/mol. The van der Waals surface area contributed by atoms with Crippen molar-refractivity contribution in [1.82, 2.24) is 16.0 Å². The number of hydrogen-bond donors (Lipinski definition) is 10. The molecule has 0 heterocycles. The molecule has 0 radical (unpaired) electrons. The predicted molar refractivity (Wildman–Crippen MR) is 174 cm³/mol. The van der Waals surface area contributed by atoms with Crippen LogP contribution >= 0.6 is 0 Å². The number of primary amides is 1. The first-order chi connectivity index (χ1) is 21.8. The summed E-state index contributed by atoms with van der Waals surface area (Å²) in [6, 6.07) is 7.50. The Morgan fingerprint density at radius 2 is 1.39 bits per heavy atom. The lowest BCUT2D eigenvalue weighted by Crippen LogP contribution is -2.58. The Morgan fingerprint density at radius 1 is 0.783 bits per heavy atom. The number of nitrogens with two attached hydrogens (primary N) is 5. The van der Waals surface area contributed by atoms with Gasteiger partial charge in [0.15, 0.2) is 17.5 Å². The summed E-state index contributed by atoms with van der Waals surface area (Å²) in [6.45, 7) is 2.19. The van der Waals surface area contributed by atoms with Gasteiger partial charge in [-0.15, -0.1) is 0 Å². The van der Waals surface area contributed by atoms with Crippen LogP contribution in [0.3, 0.4) is 0 Å². The van der Waals surface area contributed by atoms with E-state index in [2.05, 4.69) is 20.9 Å². The first-order valence-electron chi connectivity index (χ1n) is 15.1. The van der Waals surface area contributed by atoms with Crippen molar-refractivity contribution in [2.75, 3.05) is 13.1 Å². The lowest BCUT2D eigenvalue weighted by molar-refractivity contribution is -0.133. The van der Waals surface area contributed by atoms with Crippen LogP contribution in [0, 0.1) is 6.92 Å². The van der Waals surface area contributed by atoms with Crippen LogP contribution < -0.4 is 44.6 Å². The van der Waals surface area contributed by atoms with Crippen molar-refractivity contribution in [3.63, 3.8) is 0 Å². The Hall–Kier alpha value is -4.89. The Balaban J connectivity index is 2.26. The van der Waals surface area contributed by atoms with E-state index in [0.717, 1.165) is 5.56 Å². The summed E-state index contributed by atoms with van der Waals surface area (Å²) in [6.07, 6.45) is 1.98. The molecule has 0 saturated carbocycles. The molecule has 2 aromatic carbocycles. The molecule has 0 unspecified atom stereocenters. The molecule has 0 spiro atoms. The van der Waals surface area contributed by atoms with Crippen molar-refractivity contribution in [2.45, 2.75) is 76.0 Å². The van der Waals surface area contributed by atoms with Gasteiger partial charge in [0.25, 0.3) is 0 Å². The number of unbranched alkanes of at least 4 members (excludes halogenated alkanes) is 1. The van der Waals surface area contributed by atoms with Crippen molar-refractivity contribution >= 4 is 29.6 Å². The zero-order valence-corrected chi connectivity index (χ0v) is 26.1. The summed E-state index contributed by atoms with van der Waals surface area (Å²) in [5.74, 6) is -3.42. The van der Waals surface area contributed by atoms with Crippen molar-refractivity contribution in [3.05, 3.63) is 59.2 Å². The number of nitrogens with zero attached hydrogens (tertiary/aromatic N) is 1. The maximum absolute atomic E-state index is 13.7. The predicted octanol–water partition coefficient (Wildman–Crippen LogP) is -1.36. The lowest BCUT2D eigenvalue weighted by atomic mass is 10.0. The van der Waals surface area contributed by atoms with Gasteiger partial charge >= 0.3 is 0 Å². The van der Waals surface area contributed by atoms with E-state index in [1.807, 2.05) is 6.07 Å². The number of aryl methyl sites for hydroxylation is 1. The van der Waals surface area contributed by atoms with Crippen LogP contribution in [-0.4, -0.2) is 77.1 Å². The monoisotopic (exact) mass is 641 g/mol. The Bertz CT molecular complexity index is 1330. The SMILES string of the molecule is Cc1cc(C[C@H](N)C(=O)N[C@H](CCCN=C(N)N)C(=O)N[C@@H](Cc2ccccc2)C(=O)N[C@@H](CCCCN)C(N)=O)cc(O)c1O. The minimum atomic E-state index is -1.13. The topological polar surface area (TPSA) is 287 Å². The van der Waals surface area contributed by atoms with Crippen molar-refractivity contribution in [2.24, 2.45) is 33.7 Å². The second-order valence-corrected chi connectivity index (χ2v) is 11.1.